The van der Waals surface area contributed by atoms with E-state index in [1.165, 1.54) is 0 Å². The summed E-state index contributed by atoms with van der Waals surface area (Å²) in [6.45, 7) is 1.61. The predicted molar refractivity (Wildman–Crippen MR) is 112 cm³/mol. The van der Waals surface area contributed by atoms with Gasteiger partial charge < -0.3 is 14.6 Å². The highest BCUT2D eigenvalue weighted by Crippen LogP contribution is 2.39. The third-order valence-corrected chi connectivity index (χ3v) is 7.21. The van der Waals surface area contributed by atoms with Crippen molar-refractivity contribution < 1.29 is 17.7 Å². The number of rotatable bonds is 5. The zero-order chi connectivity index (χ0) is 20.8. The van der Waals surface area contributed by atoms with Gasteiger partial charge in [-0.25, -0.2) is 17.8 Å². The summed E-state index contributed by atoms with van der Waals surface area (Å²) in [5.41, 5.74) is 2.93. The van der Waals surface area contributed by atoms with Gasteiger partial charge in [0.25, 0.3) is 5.92 Å². The first-order chi connectivity index (χ1) is 13.7. The highest BCUT2D eigenvalue weighted by Gasteiger charge is 2.39. The Morgan fingerprint density at radius 1 is 1.24 bits per heavy atom. The summed E-state index contributed by atoms with van der Waals surface area (Å²) in [5.74, 6) is -1.82. The summed E-state index contributed by atoms with van der Waals surface area (Å²) in [4.78, 5) is 5.38. The average Bonchev–Trinajstić information content (AvgIpc) is 3.29. The molecular weight excluding hydrogens is 396 g/mol. The molecule has 1 aliphatic rings. The van der Waals surface area contributed by atoms with Gasteiger partial charge in [-0.15, -0.1) is 0 Å². The van der Waals surface area contributed by atoms with E-state index in [0.29, 0.717) is 16.1 Å². The van der Waals surface area contributed by atoms with Gasteiger partial charge in [-0.05, 0) is 42.5 Å². The molecule has 4 rings (SSSR count). The lowest BCUT2D eigenvalue weighted by Crippen LogP contribution is -2.25. The van der Waals surface area contributed by atoms with Crippen LogP contribution in [0.3, 0.4) is 0 Å². The standard InChI is InChI=1S/C21H23F2N3O2S/c1-3-29(24,27)16-5-7-20(26-9-8-21(22,23)13-26)17(12-16)19-11-14-10-15(28-2)4-6-18(14)25-19/h4-7,10-12,24-25H,3,8-9,13H2,1-2H3. The molecule has 0 spiro atoms. The van der Waals surface area contributed by atoms with E-state index < -0.39 is 15.7 Å². The van der Waals surface area contributed by atoms with Gasteiger partial charge in [-0.1, -0.05) is 6.92 Å². The molecule has 1 aromatic heterocycles. The second-order valence-corrected chi connectivity index (χ2v) is 9.71. The van der Waals surface area contributed by atoms with Crippen LogP contribution in [-0.4, -0.2) is 41.1 Å². The van der Waals surface area contributed by atoms with Gasteiger partial charge in [0.1, 0.15) is 5.75 Å². The summed E-state index contributed by atoms with van der Waals surface area (Å²) in [5, 5.41) is 0.921. The molecule has 2 N–H and O–H groups in total. The first-order valence-corrected chi connectivity index (χ1v) is 11.2. The minimum Gasteiger partial charge on any atom is -0.497 e. The lowest BCUT2D eigenvalue weighted by Gasteiger charge is -2.22. The molecule has 2 aromatic carbocycles. The Kier molecular flexibility index (Phi) is 4.77. The minimum absolute atomic E-state index is 0.192. The zero-order valence-electron chi connectivity index (χ0n) is 16.3. The summed E-state index contributed by atoms with van der Waals surface area (Å²) in [6, 6.07) is 12.6. The van der Waals surface area contributed by atoms with Gasteiger partial charge >= 0.3 is 0 Å². The molecule has 1 aliphatic heterocycles. The maximum absolute atomic E-state index is 13.8. The van der Waals surface area contributed by atoms with E-state index in [9.17, 15) is 13.0 Å². The van der Waals surface area contributed by atoms with Crippen molar-refractivity contribution in [1.82, 2.24) is 4.98 Å². The SMILES string of the molecule is CCS(=N)(=O)c1ccc(N2CCC(F)(F)C2)c(-c2cc3cc(OC)ccc3[nH]2)c1. The van der Waals surface area contributed by atoms with Crippen LogP contribution in [0.2, 0.25) is 0 Å². The molecule has 0 amide bonds. The molecule has 0 saturated carbocycles. The number of methoxy groups -OCH3 is 1. The molecule has 3 aromatic rings. The van der Waals surface area contributed by atoms with Crippen molar-refractivity contribution in [1.29, 1.82) is 4.78 Å². The summed E-state index contributed by atoms with van der Waals surface area (Å²) in [6.07, 6.45) is -0.192. The fourth-order valence-electron chi connectivity index (χ4n) is 3.70. The van der Waals surface area contributed by atoms with Crippen LogP contribution in [0.25, 0.3) is 22.2 Å². The van der Waals surface area contributed by atoms with Gasteiger partial charge in [0, 0.05) is 51.5 Å². The normalized spacial score (nSPS) is 18.1. The van der Waals surface area contributed by atoms with Crippen LogP contribution in [0.1, 0.15) is 13.3 Å². The molecule has 0 aliphatic carbocycles. The molecule has 2 heterocycles. The fraction of sp³-hybridized carbons (Fsp3) is 0.333. The van der Waals surface area contributed by atoms with Crippen molar-refractivity contribution in [3.63, 3.8) is 0 Å². The first kappa shape index (κ1) is 19.7. The number of aromatic nitrogens is 1. The maximum atomic E-state index is 13.8. The molecule has 29 heavy (non-hydrogen) atoms. The van der Waals surface area contributed by atoms with E-state index in [-0.39, 0.29) is 25.3 Å². The Labute approximate surface area is 168 Å². The van der Waals surface area contributed by atoms with Gasteiger partial charge in [-0.3, -0.25) is 0 Å². The number of benzene rings is 2. The summed E-state index contributed by atoms with van der Waals surface area (Å²) in [7, 11) is -1.34. The number of alkyl halides is 2. The highest BCUT2D eigenvalue weighted by atomic mass is 32.2. The number of hydrogen-bond acceptors (Lipinski definition) is 4. The number of fused-ring (bicyclic) bond motifs is 1. The quantitative estimate of drug-likeness (QED) is 0.603. The largest absolute Gasteiger partial charge is 0.497 e. The Morgan fingerprint density at radius 2 is 2.03 bits per heavy atom. The molecule has 0 bridgehead atoms. The van der Waals surface area contributed by atoms with E-state index >= 15 is 0 Å². The minimum atomic E-state index is -2.93. The molecule has 154 valence electrons. The van der Waals surface area contributed by atoms with Crippen LogP contribution in [0.5, 0.6) is 5.75 Å². The lowest BCUT2D eigenvalue weighted by molar-refractivity contribution is 0.0257. The van der Waals surface area contributed by atoms with E-state index in [2.05, 4.69) is 4.98 Å². The monoisotopic (exact) mass is 419 g/mol. The molecule has 1 fully saturated rings. The second kappa shape index (κ2) is 7.02. The zero-order valence-corrected chi connectivity index (χ0v) is 17.1. The molecule has 8 heteroatoms. The average molecular weight is 419 g/mol. The van der Waals surface area contributed by atoms with Gasteiger partial charge in [0.15, 0.2) is 0 Å². The number of anilines is 1. The van der Waals surface area contributed by atoms with Crippen molar-refractivity contribution in [2.24, 2.45) is 0 Å². The van der Waals surface area contributed by atoms with E-state index in [1.807, 2.05) is 24.3 Å². The van der Waals surface area contributed by atoms with Crippen molar-refractivity contribution in [2.75, 3.05) is 30.9 Å². The second-order valence-electron chi connectivity index (χ2n) is 7.31. The molecule has 5 nitrogen and oxygen atoms in total. The highest BCUT2D eigenvalue weighted by molar-refractivity contribution is 7.92. The molecule has 1 saturated heterocycles. The van der Waals surface area contributed by atoms with Crippen molar-refractivity contribution in [2.45, 2.75) is 24.2 Å². The van der Waals surface area contributed by atoms with Crippen LogP contribution in [0, 0.1) is 4.78 Å². The Hall–Kier alpha value is -2.61. The third-order valence-electron chi connectivity index (χ3n) is 5.38. The van der Waals surface area contributed by atoms with Gasteiger partial charge in [-0.2, -0.15) is 0 Å². The Morgan fingerprint density at radius 3 is 2.69 bits per heavy atom. The Bertz CT molecular complexity index is 1170. The van der Waals surface area contributed by atoms with Gasteiger partial charge in [0.2, 0.25) is 0 Å². The Balaban J connectivity index is 1.88. The van der Waals surface area contributed by atoms with Crippen LogP contribution in [0.15, 0.2) is 47.4 Å². The number of aromatic amines is 1. The number of H-pyrrole nitrogens is 1. The molecule has 0 radical (unpaired) electrons. The number of halogens is 2. The van der Waals surface area contributed by atoms with Crippen LogP contribution >= 0.6 is 0 Å². The van der Waals surface area contributed by atoms with E-state index in [4.69, 9.17) is 9.52 Å². The number of hydrogen-bond donors (Lipinski definition) is 2. The van der Waals surface area contributed by atoms with Crippen molar-refractivity contribution >= 4 is 26.3 Å². The van der Waals surface area contributed by atoms with Crippen LogP contribution in [0.4, 0.5) is 14.5 Å². The predicted octanol–water partition coefficient (Wildman–Crippen LogP) is 5.11. The fourth-order valence-corrected chi connectivity index (χ4v) is 4.63. The molecule has 1 atom stereocenters. The van der Waals surface area contributed by atoms with Crippen molar-refractivity contribution in [3.05, 3.63) is 42.5 Å². The van der Waals surface area contributed by atoms with E-state index in [1.54, 1.807) is 37.1 Å². The van der Waals surface area contributed by atoms with Crippen LogP contribution < -0.4 is 9.64 Å². The third kappa shape index (κ3) is 3.69. The topological polar surface area (TPSA) is 69.2 Å². The molecular formula is C21H23F2N3O2S. The summed E-state index contributed by atoms with van der Waals surface area (Å²) < 4.78 is 53.8. The summed E-state index contributed by atoms with van der Waals surface area (Å²) >= 11 is 0. The number of nitrogens with one attached hydrogen (secondary N) is 2. The van der Waals surface area contributed by atoms with Crippen molar-refractivity contribution in [3.8, 4) is 17.0 Å². The first-order valence-electron chi connectivity index (χ1n) is 9.43. The molecule has 1 unspecified atom stereocenters. The number of nitrogens with zero attached hydrogens (tertiary/aromatic N) is 1. The van der Waals surface area contributed by atoms with Gasteiger partial charge in [0.05, 0.1) is 23.4 Å². The smallest absolute Gasteiger partial charge is 0.266 e. The number of ether oxygens (including phenoxy) is 1. The maximum Gasteiger partial charge on any atom is 0.266 e. The van der Waals surface area contributed by atoms with Crippen LogP contribution in [-0.2, 0) is 9.73 Å². The van der Waals surface area contributed by atoms with E-state index in [0.717, 1.165) is 22.3 Å². The lowest BCUT2D eigenvalue weighted by atomic mass is 10.1.